The molecule has 0 aliphatic rings. The number of benzene rings is 9. The molecule has 0 atom stereocenters. The normalized spacial score (nSPS) is 11.8. The average Bonchev–Trinajstić information content (AvgIpc) is 4.03. The van der Waals surface area contributed by atoms with Crippen LogP contribution in [0.3, 0.4) is 0 Å². The van der Waals surface area contributed by atoms with Crippen molar-refractivity contribution in [1.82, 2.24) is 19.5 Å². The first-order valence-corrected chi connectivity index (χ1v) is 21.1. The fourth-order valence-corrected chi connectivity index (χ4v) is 9.28. The second kappa shape index (κ2) is 14.0. The van der Waals surface area contributed by atoms with Gasteiger partial charge in [0.15, 0.2) is 17.5 Å². The minimum absolute atomic E-state index is 0.573. The second-order valence-corrected chi connectivity index (χ2v) is 16.0. The molecule has 4 aromatic heterocycles. The molecular weight excluding hydrogens is 773 g/mol. The summed E-state index contributed by atoms with van der Waals surface area (Å²) in [5.74, 6) is 1.75. The van der Waals surface area contributed by atoms with Crippen LogP contribution in [0.2, 0.25) is 0 Å². The molecule has 0 fully saturated rings. The molecule has 0 radical (unpaired) electrons. The van der Waals surface area contributed by atoms with Crippen LogP contribution in [0.5, 0.6) is 0 Å². The zero-order valence-electron chi connectivity index (χ0n) is 33.7. The van der Waals surface area contributed by atoms with Gasteiger partial charge in [-0.05, 0) is 101 Å². The van der Waals surface area contributed by atoms with Gasteiger partial charge < -0.3 is 13.4 Å². The van der Waals surface area contributed by atoms with Gasteiger partial charge in [0.05, 0.1) is 16.7 Å². The van der Waals surface area contributed by atoms with Crippen molar-refractivity contribution in [1.29, 1.82) is 0 Å². The number of para-hydroxylation sites is 5. The van der Waals surface area contributed by atoms with Crippen LogP contribution in [-0.2, 0) is 0 Å². The molecule has 6 heteroatoms. The smallest absolute Gasteiger partial charge is 0.166 e. The molecule has 294 valence electrons. The Morgan fingerprint density at radius 3 is 1.33 bits per heavy atom. The molecule has 0 amide bonds. The van der Waals surface area contributed by atoms with E-state index in [1.165, 1.54) is 10.8 Å². The Morgan fingerprint density at radius 1 is 0.286 bits per heavy atom. The number of nitrogens with zero attached hydrogens (tertiary/aromatic N) is 4. The zero-order chi connectivity index (χ0) is 41.4. The predicted molar refractivity (Wildman–Crippen MR) is 256 cm³/mol. The lowest BCUT2D eigenvalue weighted by Crippen LogP contribution is -2.03. The summed E-state index contributed by atoms with van der Waals surface area (Å²) in [5, 5.41) is 6.68. The number of furan rings is 2. The molecule has 0 N–H and O–H groups in total. The number of rotatable bonds is 6. The Bertz CT molecular complexity index is 3750. The van der Waals surface area contributed by atoms with Crippen molar-refractivity contribution in [3.8, 4) is 62.1 Å². The maximum absolute atomic E-state index is 6.25. The highest BCUT2D eigenvalue weighted by molar-refractivity contribution is 6.10. The second-order valence-electron chi connectivity index (χ2n) is 16.0. The summed E-state index contributed by atoms with van der Waals surface area (Å²) >= 11 is 0. The van der Waals surface area contributed by atoms with Crippen molar-refractivity contribution < 1.29 is 8.83 Å². The van der Waals surface area contributed by atoms with Crippen molar-refractivity contribution >= 4 is 65.7 Å². The maximum Gasteiger partial charge on any atom is 0.166 e. The highest BCUT2D eigenvalue weighted by Gasteiger charge is 2.20. The van der Waals surface area contributed by atoms with Crippen LogP contribution in [0.4, 0.5) is 0 Å². The number of hydrogen-bond donors (Lipinski definition) is 0. The Hall–Kier alpha value is -8.61. The van der Waals surface area contributed by atoms with E-state index in [1.807, 2.05) is 42.5 Å². The van der Waals surface area contributed by atoms with Crippen molar-refractivity contribution in [2.45, 2.75) is 0 Å². The van der Waals surface area contributed by atoms with Crippen LogP contribution in [0, 0.1) is 0 Å². The van der Waals surface area contributed by atoms with Gasteiger partial charge in [0.2, 0.25) is 0 Å². The van der Waals surface area contributed by atoms with Gasteiger partial charge in [-0.25, -0.2) is 15.0 Å². The first-order chi connectivity index (χ1) is 31.2. The molecule has 0 spiro atoms. The summed E-state index contributed by atoms with van der Waals surface area (Å²) in [6.45, 7) is 0. The van der Waals surface area contributed by atoms with Crippen LogP contribution < -0.4 is 0 Å². The van der Waals surface area contributed by atoms with E-state index in [9.17, 15) is 0 Å². The van der Waals surface area contributed by atoms with E-state index in [2.05, 4.69) is 168 Å². The molecule has 0 unspecified atom stereocenters. The van der Waals surface area contributed by atoms with Crippen LogP contribution in [0.1, 0.15) is 0 Å². The Balaban J connectivity index is 1.06. The Morgan fingerprint density at radius 2 is 0.730 bits per heavy atom. The topological polar surface area (TPSA) is 69.9 Å². The summed E-state index contributed by atoms with van der Waals surface area (Å²) < 4.78 is 14.8. The molecule has 0 saturated carbocycles. The zero-order valence-corrected chi connectivity index (χ0v) is 33.7. The average molecular weight is 807 g/mol. The van der Waals surface area contributed by atoms with Gasteiger partial charge in [0.25, 0.3) is 0 Å². The van der Waals surface area contributed by atoms with Crippen molar-refractivity contribution in [2.24, 2.45) is 0 Å². The van der Waals surface area contributed by atoms with E-state index in [0.717, 1.165) is 99.5 Å². The molecule has 0 saturated heterocycles. The van der Waals surface area contributed by atoms with E-state index in [-0.39, 0.29) is 0 Å². The predicted octanol–water partition coefficient (Wildman–Crippen LogP) is 15.1. The van der Waals surface area contributed by atoms with Gasteiger partial charge in [-0.3, -0.25) is 0 Å². The molecule has 13 rings (SSSR count). The lowest BCUT2D eigenvalue weighted by Gasteiger charge is -2.15. The first kappa shape index (κ1) is 35.2. The molecule has 0 aliphatic heterocycles. The summed E-state index contributed by atoms with van der Waals surface area (Å²) in [7, 11) is 0. The third-order valence-corrected chi connectivity index (χ3v) is 12.2. The van der Waals surface area contributed by atoms with Gasteiger partial charge in [-0.15, -0.1) is 0 Å². The van der Waals surface area contributed by atoms with Crippen LogP contribution in [0.15, 0.2) is 215 Å². The van der Waals surface area contributed by atoms with Gasteiger partial charge in [-0.2, -0.15) is 0 Å². The molecule has 4 heterocycles. The molecule has 63 heavy (non-hydrogen) atoms. The minimum Gasteiger partial charge on any atom is -0.456 e. The van der Waals surface area contributed by atoms with Crippen LogP contribution in [-0.4, -0.2) is 19.5 Å². The van der Waals surface area contributed by atoms with Gasteiger partial charge >= 0.3 is 0 Å². The third-order valence-electron chi connectivity index (χ3n) is 12.2. The molecule has 0 bridgehead atoms. The molecule has 9 aromatic carbocycles. The van der Waals surface area contributed by atoms with Crippen molar-refractivity contribution in [3.05, 3.63) is 206 Å². The van der Waals surface area contributed by atoms with Gasteiger partial charge in [-0.1, -0.05) is 127 Å². The summed E-state index contributed by atoms with van der Waals surface area (Å²) in [6, 6.07) is 71.6. The molecule has 0 aliphatic carbocycles. The molecule has 13 aromatic rings. The number of hydrogen-bond acceptors (Lipinski definition) is 5. The van der Waals surface area contributed by atoms with E-state index in [4.69, 9.17) is 23.8 Å². The van der Waals surface area contributed by atoms with Gasteiger partial charge in [0.1, 0.15) is 22.3 Å². The first-order valence-electron chi connectivity index (χ1n) is 21.1. The fraction of sp³-hybridized carbons (Fsp3) is 0. The van der Waals surface area contributed by atoms with E-state index >= 15 is 0 Å². The molecule has 6 nitrogen and oxygen atoms in total. The number of fused-ring (bicyclic) bond motifs is 9. The van der Waals surface area contributed by atoms with E-state index in [0.29, 0.717) is 17.5 Å². The summed E-state index contributed by atoms with van der Waals surface area (Å²) in [4.78, 5) is 15.9. The third kappa shape index (κ3) is 5.76. The summed E-state index contributed by atoms with van der Waals surface area (Å²) in [5.41, 5.74) is 13.5. The minimum atomic E-state index is 0.573. The Kier molecular flexibility index (Phi) is 7.80. The summed E-state index contributed by atoms with van der Waals surface area (Å²) in [6.07, 6.45) is 0. The molecular formula is C57H34N4O2. The van der Waals surface area contributed by atoms with E-state index < -0.39 is 0 Å². The highest BCUT2D eigenvalue weighted by Crippen LogP contribution is 2.40. The van der Waals surface area contributed by atoms with Crippen molar-refractivity contribution in [3.63, 3.8) is 0 Å². The van der Waals surface area contributed by atoms with Crippen LogP contribution >= 0.6 is 0 Å². The van der Waals surface area contributed by atoms with Crippen LogP contribution in [0.25, 0.3) is 128 Å². The monoisotopic (exact) mass is 806 g/mol. The fourth-order valence-electron chi connectivity index (χ4n) is 9.28. The van der Waals surface area contributed by atoms with Gasteiger partial charge in [0, 0.05) is 49.0 Å². The lowest BCUT2D eigenvalue weighted by atomic mass is 9.94. The standard InChI is InChI=1S/C57H34N4O2/c1-2-14-35(15-3-1)55-58-56(60-57(59-55)45-20-6-11-23-50(45)61-48-21-9-4-16-41(48)42-17-5-10-22-49(42)61)40-31-38(36-26-28-53-46(33-36)43-18-7-12-24-51(43)62-53)30-39(32-40)37-27-29-54-47(34-37)44-19-8-13-25-52(44)63-54/h1-34H. The Labute approximate surface area is 361 Å². The van der Waals surface area contributed by atoms with E-state index in [1.54, 1.807) is 0 Å². The SMILES string of the molecule is c1ccc(-c2nc(-c3cc(-c4ccc5oc6ccccc6c5c4)cc(-c4ccc5oc6ccccc6c5c4)c3)nc(-c3ccccc3-n3c4ccccc4c4ccccc43)n2)cc1. The number of aromatic nitrogens is 4. The van der Waals surface area contributed by atoms with Crippen molar-refractivity contribution in [2.75, 3.05) is 0 Å². The maximum atomic E-state index is 6.25. The highest BCUT2D eigenvalue weighted by atomic mass is 16.3. The lowest BCUT2D eigenvalue weighted by molar-refractivity contribution is 0.668. The largest absolute Gasteiger partial charge is 0.456 e. The quantitative estimate of drug-likeness (QED) is 0.167.